The van der Waals surface area contributed by atoms with Crippen molar-refractivity contribution in [2.45, 2.75) is 24.7 Å². The molecular weight excluding hydrogens is 224 g/mol. The zero-order valence-corrected chi connectivity index (χ0v) is 9.63. The second-order valence-corrected chi connectivity index (χ2v) is 4.91. The smallest absolute Gasteiger partial charge is 0.202 e. The normalized spacial score (nSPS) is 18.6. The molecule has 0 amide bonds. The molecule has 2 aromatic rings. The maximum absolute atomic E-state index is 5.91. The van der Waals surface area contributed by atoms with Crippen LogP contribution in [0.4, 0.5) is 0 Å². The van der Waals surface area contributed by atoms with Gasteiger partial charge in [0.05, 0.1) is 5.41 Å². The van der Waals surface area contributed by atoms with Gasteiger partial charge in [-0.3, -0.25) is 0 Å². The van der Waals surface area contributed by atoms with E-state index in [-0.39, 0.29) is 5.41 Å². The number of nitrogens with zero attached hydrogens (tertiary/aromatic N) is 1. The molecule has 1 aromatic heterocycles. The zero-order valence-electron chi connectivity index (χ0n) is 8.87. The Labute approximate surface area is 98.6 Å². The van der Waals surface area contributed by atoms with Gasteiger partial charge in [-0.1, -0.05) is 18.0 Å². The van der Waals surface area contributed by atoms with Crippen LogP contribution in [-0.2, 0) is 5.41 Å². The quantitative estimate of drug-likeness (QED) is 0.872. The van der Waals surface area contributed by atoms with E-state index in [1.165, 1.54) is 6.42 Å². The van der Waals surface area contributed by atoms with Crippen LogP contribution < -0.4 is 5.73 Å². The van der Waals surface area contributed by atoms with Crippen LogP contribution in [0.3, 0.4) is 0 Å². The van der Waals surface area contributed by atoms with Crippen molar-refractivity contribution in [1.29, 1.82) is 0 Å². The first-order valence-corrected chi connectivity index (χ1v) is 5.88. The second kappa shape index (κ2) is 3.47. The van der Waals surface area contributed by atoms with Crippen molar-refractivity contribution >= 4 is 22.7 Å². The fourth-order valence-electron chi connectivity index (χ4n) is 2.23. The second-order valence-electron chi connectivity index (χ2n) is 4.47. The molecular formula is C12H13ClN2O. The van der Waals surface area contributed by atoms with Crippen LogP contribution in [0.1, 0.15) is 25.2 Å². The van der Waals surface area contributed by atoms with E-state index >= 15 is 0 Å². The molecule has 0 unspecified atom stereocenters. The maximum Gasteiger partial charge on any atom is 0.202 e. The van der Waals surface area contributed by atoms with Crippen LogP contribution in [0.15, 0.2) is 22.6 Å². The minimum atomic E-state index is -0.0223. The number of rotatable bonds is 2. The van der Waals surface area contributed by atoms with Gasteiger partial charge in [-0.2, -0.15) is 0 Å². The number of benzene rings is 1. The Hall–Kier alpha value is -1.06. The lowest BCUT2D eigenvalue weighted by molar-refractivity contribution is 0.203. The Kier molecular flexibility index (Phi) is 2.19. The average molecular weight is 237 g/mol. The fourth-order valence-corrected chi connectivity index (χ4v) is 2.40. The van der Waals surface area contributed by atoms with Gasteiger partial charge in [-0.25, -0.2) is 4.98 Å². The SMILES string of the molecule is NCC1(c2nc3ccc(Cl)cc3o2)CCC1. The van der Waals surface area contributed by atoms with E-state index < -0.39 is 0 Å². The lowest BCUT2D eigenvalue weighted by Crippen LogP contribution is -2.41. The molecule has 1 aliphatic rings. The van der Waals surface area contributed by atoms with Crippen LogP contribution in [0.25, 0.3) is 11.1 Å². The van der Waals surface area contributed by atoms with Crippen molar-refractivity contribution in [2.24, 2.45) is 5.73 Å². The highest BCUT2D eigenvalue weighted by molar-refractivity contribution is 6.31. The average Bonchev–Trinajstić information content (AvgIpc) is 2.60. The maximum atomic E-state index is 5.91. The summed E-state index contributed by atoms with van der Waals surface area (Å²) in [6.07, 6.45) is 3.35. The Morgan fingerprint density at radius 1 is 1.44 bits per heavy atom. The predicted molar refractivity (Wildman–Crippen MR) is 63.6 cm³/mol. The topological polar surface area (TPSA) is 52.0 Å². The van der Waals surface area contributed by atoms with E-state index in [9.17, 15) is 0 Å². The molecule has 1 heterocycles. The van der Waals surface area contributed by atoms with E-state index in [1.807, 2.05) is 12.1 Å². The van der Waals surface area contributed by atoms with Crippen LogP contribution in [0, 0.1) is 0 Å². The van der Waals surface area contributed by atoms with Crippen molar-refractivity contribution in [2.75, 3.05) is 6.54 Å². The highest BCUT2D eigenvalue weighted by atomic mass is 35.5. The van der Waals surface area contributed by atoms with Gasteiger partial charge < -0.3 is 10.2 Å². The summed E-state index contributed by atoms with van der Waals surface area (Å²) >= 11 is 5.91. The molecule has 1 aliphatic carbocycles. The molecule has 3 rings (SSSR count). The Bertz CT molecular complexity index is 525. The Morgan fingerprint density at radius 3 is 2.88 bits per heavy atom. The molecule has 1 aromatic carbocycles. The first kappa shape index (κ1) is 10.1. The highest BCUT2D eigenvalue weighted by Gasteiger charge is 2.41. The summed E-state index contributed by atoms with van der Waals surface area (Å²) in [5.41, 5.74) is 7.42. The van der Waals surface area contributed by atoms with Crippen molar-refractivity contribution in [3.63, 3.8) is 0 Å². The van der Waals surface area contributed by atoms with Crippen molar-refractivity contribution in [3.8, 4) is 0 Å². The van der Waals surface area contributed by atoms with Gasteiger partial charge in [0.2, 0.25) is 5.89 Å². The molecule has 1 saturated carbocycles. The Morgan fingerprint density at radius 2 is 2.25 bits per heavy atom. The molecule has 0 bridgehead atoms. The number of halogens is 1. The summed E-state index contributed by atoms with van der Waals surface area (Å²) in [7, 11) is 0. The van der Waals surface area contributed by atoms with E-state index in [0.29, 0.717) is 11.6 Å². The molecule has 0 spiro atoms. The predicted octanol–water partition coefficient (Wildman–Crippen LogP) is 2.86. The van der Waals surface area contributed by atoms with Gasteiger partial charge in [-0.15, -0.1) is 0 Å². The standard InChI is InChI=1S/C12H13ClN2O/c13-8-2-3-9-10(6-8)16-11(15-9)12(7-14)4-1-5-12/h2-3,6H,1,4-5,7,14H2. The van der Waals surface area contributed by atoms with Crippen LogP contribution in [0.2, 0.25) is 5.02 Å². The minimum Gasteiger partial charge on any atom is -0.440 e. The molecule has 0 radical (unpaired) electrons. The molecule has 1 fully saturated rings. The highest BCUT2D eigenvalue weighted by Crippen LogP contribution is 2.43. The van der Waals surface area contributed by atoms with Gasteiger partial charge in [0.25, 0.3) is 0 Å². The summed E-state index contributed by atoms with van der Waals surface area (Å²) in [6, 6.07) is 5.51. The number of hydrogen-bond donors (Lipinski definition) is 1. The molecule has 4 heteroatoms. The fraction of sp³-hybridized carbons (Fsp3) is 0.417. The van der Waals surface area contributed by atoms with E-state index in [0.717, 1.165) is 29.8 Å². The monoisotopic (exact) mass is 236 g/mol. The van der Waals surface area contributed by atoms with Crippen molar-refractivity contribution in [3.05, 3.63) is 29.1 Å². The molecule has 0 saturated heterocycles. The van der Waals surface area contributed by atoms with E-state index in [2.05, 4.69) is 4.98 Å². The third-order valence-corrected chi connectivity index (χ3v) is 3.74. The summed E-state index contributed by atoms with van der Waals surface area (Å²) < 4.78 is 5.77. The van der Waals surface area contributed by atoms with Crippen LogP contribution in [-0.4, -0.2) is 11.5 Å². The molecule has 3 nitrogen and oxygen atoms in total. The molecule has 84 valence electrons. The van der Waals surface area contributed by atoms with Gasteiger partial charge in [0, 0.05) is 17.6 Å². The van der Waals surface area contributed by atoms with Gasteiger partial charge >= 0.3 is 0 Å². The lowest BCUT2D eigenvalue weighted by atomic mass is 9.69. The first-order valence-electron chi connectivity index (χ1n) is 5.50. The van der Waals surface area contributed by atoms with Gasteiger partial charge in [0.1, 0.15) is 5.52 Å². The first-order chi connectivity index (χ1) is 7.73. The lowest BCUT2D eigenvalue weighted by Gasteiger charge is -2.37. The van der Waals surface area contributed by atoms with Gasteiger partial charge in [0.15, 0.2) is 5.58 Å². The molecule has 0 atom stereocenters. The van der Waals surface area contributed by atoms with Crippen molar-refractivity contribution in [1.82, 2.24) is 4.98 Å². The Balaban J connectivity index is 2.11. The van der Waals surface area contributed by atoms with Crippen LogP contribution >= 0.6 is 11.6 Å². The van der Waals surface area contributed by atoms with E-state index in [4.69, 9.17) is 21.8 Å². The van der Waals surface area contributed by atoms with Gasteiger partial charge in [-0.05, 0) is 25.0 Å². The third kappa shape index (κ3) is 1.35. The molecule has 16 heavy (non-hydrogen) atoms. The number of aromatic nitrogens is 1. The summed E-state index contributed by atoms with van der Waals surface area (Å²) in [6.45, 7) is 0.605. The zero-order chi connectivity index (χ0) is 11.2. The van der Waals surface area contributed by atoms with E-state index in [1.54, 1.807) is 6.07 Å². The summed E-state index contributed by atoms with van der Waals surface area (Å²) in [5.74, 6) is 0.776. The number of fused-ring (bicyclic) bond motifs is 1. The number of nitrogens with two attached hydrogens (primary N) is 1. The molecule has 2 N–H and O–H groups in total. The number of oxazole rings is 1. The summed E-state index contributed by atoms with van der Waals surface area (Å²) in [5, 5.41) is 0.672. The number of hydrogen-bond acceptors (Lipinski definition) is 3. The van der Waals surface area contributed by atoms with Crippen molar-refractivity contribution < 1.29 is 4.42 Å². The van der Waals surface area contributed by atoms with Crippen LogP contribution in [0.5, 0.6) is 0 Å². The minimum absolute atomic E-state index is 0.0223. The molecule has 0 aliphatic heterocycles. The summed E-state index contributed by atoms with van der Waals surface area (Å²) in [4.78, 5) is 4.51. The largest absolute Gasteiger partial charge is 0.440 e. The third-order valence-electron chi connectivity index (χ3n) is 3.51.